The van der Waals surface area contributed by atoms with Gasteiger partial charge >= 0.3 is 0 Å². The molecule has 2 saturated heterocycles. The van der Waals surface area contributed by atoms with Gasteiger partial charge in [-0.3, -0.25) is 19.3 Å². The average Bonchev–Trinajstić information content (AvgIpc) is 3.20. The summed E-state index contributed by atoms with van der Waals surface area (Å²) in [6.07, 6.45) is 4.54. The Morgan fingerprint density at radius 3 is 2.62 bits per heavy atom. The number of anilines is 3. The highest BCUT2D eigenvalue weighted by molar-refractivity contribution is 5.97. The predicted octanol–water partition coefficient (Wildman–Crippen LogP) is 2.81. The maximum Gasteiger partial charge on any atom is 0.238 e. The van der Waals surface area contributed by atoms with Gasteiger partial charge in [-0.15, -0.1) is 0 Å². The maximum atomic E-state index is 12.5. The molecule has 0 spiro atoms. The van der Waals surface area contributed by atoms with E-state index in [0.29, 0.717) is 43.9 Å². The number of carbonyl (C=O) groups excluding carboxylic acids is 3. The van der Waals surface area contributed by atoms with Gasteiger partial charge in [0.05, 0.1) is 6.54 Å². The fraction of sp³-hybridized carbons (Fsp3) is 0.417. The number of piperidine rings is 1. The number of nitrogens with zero attached hydrogens (tertiary/aromatic N) is 3. The minimum Gasteiger partial charge on any atom is -0.325 e. The third-order valence-corrected chi connectivity index (χ3v) is 6.01. The summed E-state index contributed by atoms with van der Waals surface area (Å²) in [7, 11) is 0. The number of amides is 3. The summed E-state index contributed by atoms with van der Waals surface area (Å²) in [6, 6.07) is 11.2. The Kier molecular flexibility index (Phi) is 6.80. The number of benzene rings is 1. The Morgan fingerprint density at radius 2 is 1.91 bits per heavy atom. The first-order valence-electron chi connectivity index (χ1n) is 11.1. The van der Waals surface area contributed by atoms with E-state index in [1.807, 2.05) is 43.3 Å². The van der Waals surface area contributed by atoms with Crippen molar-refractivity contribution in [3.63, 3.8) is 0 Å². The van der Waals surface area contributed by atoms with Crippen molar-refractivity contribution < 1.29 is 14.4 Å². The third-order valence-electron chi connectivity index (χ3n) is 6.01. The van der Waals surface area contributed by atoms with E-state index in [4.69, 9.17) is 0 Å². The summed E-state index contributed by atoms with van der Waals surface area (Å²) in [4.78, 5) is 45.1. The second-order valence-corrected chi connectivity index (χ2v) is 8.51. The van der Waals surface area contributed by atoms with E-state index < -0.39 is 0 Å². The van der Waals surface area contributed by atoms with Crippen molar-refractivity contribution in [2.45, 2.75) is 32.6 Å². The SMILES string of the molecule is Cc1ccnc(NC(=O)C2CCN(CC(=O)Nc3cccc(N4CCCC4=O)c3)CC2)c1. The molecular weight excluding hydrogens is 406 g/mol. The van der Waals surface area contributed by atoms with E-state index in [1.54, 1.807) is 11.1 Å². The van der Waals surface area contributed by atoms with Crippen LogP contribution < -0.4 is 15.5 Å². The van der Waals surface area contributed by atoms with Gasteiger partial charge < -0.3 is 15.5 Å². The highest BCUT2D eigenvalue weighted by Gasteiger charge is 2.26. The van der Waals surface area contributed by atoms with E-state index in [9.17, 15) is 14.4 Å². The van der Waals surface area contributed by atoms with Crippen molar-refractivity contribution in [2.24, 2.45) is 5.92 Å². The first-order valence-corrected chi connectivity index (χ1v) is 11.1. The average molecular weight is 436 g/mol. The lowest BCUT2D eigenvalue weighted by Gasteiger charge is -2.30. The van der Waals surface area contributed by atoms with Gasteiger partial charge in [0.2, 0.25) is 17.7 Å². The van der Waals surface area contributed by atoms with E-state index in [0.717, 1.165) is 24.2 Å². The molecule has 0 atom stereocenters. The first kappa shape index (κ1) is 22.0. The first-order chi connectivity index (χ1) is 15.5. The number of hydrogen-bond acceptors (Lipinski definition) is 5. The van der Waals surface area contributed by atoms with Crippen LogP contribution in [-0.2, 0) is 14.4 Å². The summed E-state index contributed by atoms with van der Waals surface area (Å²) in [5.74, 6) is 0.516. The van der Waals surface area contributed by atoms with Gasteiger partial charge in [0.25, 0.3) is 0 Å². The fourth-order valence-electron chi connectivity index (χ4n) is 4.26. The molecule has 2 fully saturated rings. The number of aryl methyl sites for hydroxylation is 1. The summed E-state index contributed by atoms with van der Waals surface area (Å²) >= 11 is 0. The number of carbonyl (C=O) groups is 3. The lowest BCUT2D eigenvalue weighted by atomic mass is 9.96. The molecule has 3 amide bonds. The quantitative estimate of drug-likeness (QED) is 0.728. The molecule has 168 valence electrons. The summed E-state index contributed by atoms with van der Waals surface area (Å²) in [5, 5.41) is 5.83. The molecule has 8 nitrogen and oxygen atoms in total. The minimum absolute atomic E-state index is 0.0134. The zero-order chi connectivity index (χ0) is 22.5. The molecule has 1 aromatic carbocycles. The number of pyridine rings is 1. The Morgan fingerprint density at radius 1 is 1.09 bits per heavy atom. The molecule has 4 rings (SSSR count). The Balaban J connectivity index is 1.24. The molecule has 32 heavy (non-hydrogen) atoms. The molecule has 2 aliphatic heterocycles. The van der Waals surface area contributed by atoms with Gasteiger partial charge in [-0.2, -0.15) is 0 Å². The van der Waals surface area contributed by atoms with Crippen molar-refractivity contribution in [1.29, 1.82) is 0 Å². The number of hydrogen-bond donors (Lipinski definition) is 2. The number of aromatic nitrogens is 1. The third kappa shape index (κ3) is 5.50. The molecule has 0 aliphatic carbocycles. The molecule has 3 heterocycles. The van der Waals surface area contributed by atoms with Crippen LogP contribution in [0.5, 0.6) is 0 Å². The van der Waals surface area contributed by atoms with Crippen molar-refractivity contribution in [2.75, 3.05) is 41.7 Å². The highest BCUT2D eigenvalue weighted by atomic mass is 16.2. The molecule has 2 aromatic rings. The van der Waals surface area contributed by atoms with Gasteiger partial charge in [-0.05, 0) is 75.2 Å². The van der Waals surface area contributed by atoms with Crippen LogP contribution in [0.15, 0.2) is 42.6 Å². The molecule has 0 radical (unpaired) electrons. The number of nitrogens with one attached hydrogen (secondary N) is 2. The molecule has 8 heteroatoms. The van der Waals surface area contributed by atoms with Crippen LogP contribution in [-0.4, -0.2) is 53.8 Å². The van der Waals surface area contributed by atoms with Crippen LogP contribution in [0.1, 0.15) is 31.2 Å². The van der Waals surface area contributed by atoms with Gasteiger partial charge in [0, 0.05) is 36.5 Å². The van der Waals surface area contributed by atoms with Crippen LogP contribution in [0.3, 0.4) is 0 Å². The lowest BCUT2D eigenvalue weighted by molar-refractivity contribution is -0.121. The van der Waals surface area contributed by atoms with E-state index in [2.05, 4.69) is 20.5 Å². The Bertz CT molecular complexity index is 1000. The monoisotopic (exact) mass is 435 g/mol. The molecule has 0 bridgehead atoms. The largest absolute Gasteiger partial charge is 0.325 e. The van der Waals surface area contributed by atoms with Crippen molar-refractivity contribution >= 4 is 34.9 Å². The zero-order valence-corrected chi connectivity index (χ0v) is 18.3. The smallest absolute Gasteiger partial charge is 0.238 e. The molecule has 1 aromatic heterocycles. The van der Waals surface area contributed by atoms with Crippen molar-refractivity contribution in [3.8, 4) is 0 Å². The topological polar surface area (TPSA) is 94.6 Å². The Labute approximate surface area is 188 Å². The molecule has 0 unspecified atom stereocenters. The Hall–Kier alpha value is -3.26. The van der Waals surface area contributed by atoms with Crippen LogP contribution in [0.4, 0.5) is 17.2 Å². The van der Waals surface area contributed by atoms with Gasteiger partial charge in [0.15, 0.2) is 0 Å². The van der Waals surface area contributed by atoms with Crippen molar-refractivity contribution in [3.05, 3.63) is 48.2 Å². The fourth-order valence-corrected chi connectivity index (χ4v) is 4.26. The lowest BCUT2D eigenvalue weighted by Crippen LogP contribution is -2.41. The second kappa shape index (κ2) is 9.91. The number of likely N-dealkylation sites (tertiary alicyclic amines) is 1. The van der Waals surface area contributed by atoms with Crippen LogP contribution in [0.2, 0.25) is 0 Å². The van der Waals surface area contributed by atoms with Crippen LogP contribution >= 0.6 is 0 Å². The zero-order valence-electron chi connectivity index (χ0n) is 18.3. The van der Waals surface area contributed by atoms with E-state index >= 15 is 0 Å². The van der Waals surface area contributed by atoms with Gasteiger partial charge in [0.1, 0.15) is 5.82 Å². The summed E-state index contributed by atoms with van der Waals surface area (Å²) < 4.78 is 0. The van der Waals surface area contributed by atoms with Gasteiger partial charge in [-0.1, -0.05) is 6.07 Å². The second-order valence-electron chi connectivity index (χ2n) is 8.51. The number of rotatable bonds is 6. The summed E-state index contributed by atoms with van der Waals surface area (Å²) in [5.41, 5.74) is 2.56. The minimum atomic E-state index is -0.0956. The molecule has 0 saturated carbocycles. The molecule has 2 aliphatic rings. The van der Waals surface area contributed by atoms with E-state index in [1.165, 1.54) is 0 Å². The predicted molar refractivity (Wildman–Crippen MR) is 123 cm³/mol. The standard InChI is InChI=1S/C24H29N5O3/c1-17-7-10-25-21(14-17)27-24(32)18-8-12-28(13-9-18)16-22(30)26-19-4-2-5-20(15-19)29-11-3-6-23(29)31/h2,4-5,7,10,14-15,18H,3,6,8-9,11-13,16H2,1H3,(H,26,30)(H,25,27,32). The van der Waals surface area contributed by atoms with Crippen LogP contribution in [0.25, 0.3) is 0 Å². The normalized spacial score (nSPS) is 17.4. The van der Waals surface area contributed by atoms with Crippen LogP contribution in [0, 0.1) is 12.8 Å². The molecular formula is C24H29N5O3. The molecule has 2 N–H and O–H groups in total. The van der Waals surface area contributed by atoms with Crippen molar-refractivity contribution in [1.82, 2.24) is 9.88 Å². The van der Waals surface area contributed by atoms with E-state index in [-0.39, 0.29) is 30.2 Å². The van der Waals surface area contributed by atoms with Gasteiger partial charge in [-0.25, -0.2) is 4.98 Å². The highest BCUT2D eigenvalue weighted by Crippen LogP contribution is 2.24. The maximum absolute atomic E-state index is 12.5. The summed E-state index contributed by atoms with van der Waals surface area (Å²) in [6.45, 7) is 4.34.